The lowest BCUT2D eigenvalue weighted by molar-refractivity contribution is -0.385. The van der Waals surface area contributed by atoms with Crippen molar-refractivity contribution >= 4 is 23.2 Å². The number of nitrogens with one attached hydrogen (secondary N) is 1. The minimum absolute atomic E-state index is 0.0493. The summed E-state index contributed by atoms with van der Waals surface area (Å²) in [6.07, 6.45) is 2.40. The van der Waals surface area contributed by atoms with E-state index in [1.54, 1.807) is 0 Å². The lowest BCUT2D eigenvalue weighted by Crippen LogP contribution is -2.30. The number of carbonyl (C=O) groups is 1. The number of amides is 1. The summed E-state index contributed by atoms with van der Waals surface area (Å²) in [5.41, 5.74) is -0.321. The van der Waals surface area contributed by atoms with E-state index in [0.29, 0.717) is 13.0 Å². The molecule has 1 atom stereocenters. The minimum atomic E-state index is -0.609. The summed E-state index contributed by atoms with van der Waals surface area (Å²) in [5, 5.41) is 22.9. The molecular formula is C14H19ClN2O4. The van der Waals surface area contributed by atoms with Gasteiger partial charge >= 0.3 is 0 Å². The highest BCUT2D eigenvalue weighted by Crippen LogP contribution is 2.22. The van der Waals surface area contributed by atoms with Crippen molar-refractivity contribution < 1.29 is 14.8 Å². The van der Waals surface area contributed by atoms with Gasteiger partial charge in [0.2, 0.25) is 0 Å². The second-order valence-corrected chi connectivity index (χ2v) is 5.23. The molecule has 0 aliphatic carbocycles. The van der Waals surface area contributed by atoms with Crippen LogP contribution in [0, 0.1) is 16.0 Å². The van der Waals surface area contributed by atoms with E-state index in [-0.39, 0.29) is 28.8 Å². The van der Waals surface area contributed by atoms with Crippen LogP contribution in [0.15, 0.2) is 18.2 Å². The number of hydrogen-bond acceptors (Lipinski definition) is 4. The predicted octanol–water partition coefficient (Wildman–Crippen LogP) is 2.78. The fourth-order valence-corrected chi connectivity index (χ4v) is 2.29. The molecule has 0 heterocycles. The van der Waals surface area contributed by atoms with Crippen molar-refractivity contribution in [1.29, 1.82) is 0 Å². The summed E-state index contributed by atoms with van der Waals surface area (Å²) in [6, 6.07) is 3.88. The number of nitrogens with zero attached hydrogens (tertiary/aromatic N) is 1. The minimum Gasteiger partial charge on any atom is -0.396 e. The first-order valence-electron chi connectivity index (χ1n) is 6.82. The molecule has 1 aromatic carbocycles. The Balaban J connectivity index is 2.79. The number of nitro groups is 1. The van der Waals surface area contributed by atoms with Crippen LogP contribution in [-0.2, 0) is 0 Å². The Morgan fingerprint density at radius 1 is 1.48 bits per heavy atom. The molecule has 0 spiro atoms. The molecule has 0 radical (unpaired) electrons. The predicted molar refractivity (Wildman–Crippen MR) is 80.5 cm³/mol. The molecule has 7 heteroatoms. The third-order valence-electron chi connectivity index (χ3n) is 3.19. The van der Waals surface area contributed by atoms with Gasteiger partial charge in [-0.05, 0) is 30.9 Å². The Morgan fingerprint density at radius 3 is 2.76 bits per heavy atom. The lowest BCUT2D eigenvalue weighted by Gasteiger charge is -2.15. The zero-order valence-corrected chi connectivity index (χ0v) is 12.6. The molecule has 0 aliphatic rings. The van der Waals surface area contributed by atoms with Gasteiger partial charge in [-0.3, -0.25) is 14.9 Å². The Bertz CT molecular complexity index is 502. The van der Waals surface area contributed by atoms with Crippen LogP contribution in [0.1, 0.15) is 36.5 Å². The van der Waals surface area contributed by atoms with E-state index in [4.69, 9.17) is 16.7 Å². The maximum Gasteiger partial charge on any atom is 0.282 e. The van der Waals surface area contributed by atoms with Crippen LogP contribution in [-0.4, -0.2) is 29.1 Å². The van der Waals surface area contributed by atoms with E-state index in [1.807, 2.05) is 6.92 Å². The van der Waals surface area contributed by atoms with Crippen LogP contribution in [0.5, 0.6) is 0 Å². The van der Waals surface area contributed by atoms with Gasteiger partial charge in [-0.15, -0.1) is 0 Å². The van der Waals surface area contributed by atoms with E-state index < -0.39 is 10.8 Å². The van der Waals surface area contributed by atoms with Crippen molar-refractivity contribution in [2.75, 3.05) is 13.2 Å². The van der Waals surface area contributed by atoms with Gasteiger partial charge < -0.3 is 10.4 Å². The van der Waals surface area contributed by atoms with E-state index in [2.05, 4.69) is 5.32 Å². The fraction of sp³-hybridized carbons (Fsp3) is 0.500. The molecule has 21 heavy (non-hydrogen) atoms. The van der Waals surface area contributed by atoms with Crippen molar-refractivity contribution in [2.24, 2.45) is 5.92 Å². The zero-order valence-electron chi connectivity index (χ0n) is 11.8. The van der Waals surface area contributed by atoms with Gasteiger partial charge in [0.05, 0.1) is 4.92 Å². The third-order valence-corrected chi connectivity index (χ3v) is 3.42. The molecule has 1 unspecified atom stereocenters. The second kappa shape index (κ2) is 8.59. The molecule has 0 saturated carbocycles. The molecule has 116 valence electrons. The highest BCUT2D eigenvalue weighted by molar-refractivity contribution is 6.31. The average Bonchev–Trinajstić information content (AvgIpc) is 2.44. The van der Waals surface area contributed by atoms with Crippen molar-refractivity contribution in [3.63, 3.8) is 0 Å². The summed E-state index contributed by atoms with van der Waals surface area (Å²) in [5.74, 6) is -0.370. The number of carbonyl (C=O) groups excluding carboxylic acids is 1. The first-order valence-corrected chi connectivity index (χ1v) is 7.20. The SMILES string of the molecule is CCCC(CCO)CNC(=O)c1cc(Cl)ccc1[N+](=O)[O-]. The van der Waals surface area contributed by atoms with Gasteiger partial charge in [0.25, 0.3) is 11.6 Å². The maximum absolute atomic E-state index is 12.1. The quantitative estimate of drug-likeness (QED) is 0.570. The van der Waals surface area contributed by atoms with E-state index in [0.717, 1.165) is 12.8 Å². The summed E-state index contributed by atoms with van der Waals surface area (Å²) in [7, 11) is 0. The Hall–Kier alpha value is -1.66. The smallest absolute Gasteiger partial charge is 0.282 e. The summed E-state index contributed by atoms with van der Waals surface area (Å²) >= 11 is 5.79. The molecular weight excluding hydrogens is 296 g/mol. The van der Waals surface area contributed by atoms with E-state index in [1.165, 1.54) is 18.2 Å². The lowest BCUT2D eigenvalue weighted by atomic mass is 10.00. The third kappa shape index (κ3) is 5.32. The highest BCUT2D eigenvalue weighted by atomic mass is 35.5. The van der Waals surface area contributed by atoms with Gasteiger partial charge in [0.15, 0.2) is 0 Å². The van der Waals surface area contributed by atoms with Crippen LogP contribution >= 0.6 is 11.6 Å². The number of aliphatic hydroxyl groups is 1. The topological polar surface area (TPSA) is 92.5 Å². The van der Waals surface area contributed by atoms with Gasteiger partial charge in [0.1, 0.15) is 5.56 Å². The number of hydrogen-bond donors (Lipinski definition) is 2. The number of benzene rings is 1. The summed E-state index contributed by atoms with van der Waals surface area (Å²) < 4.78 is 0. The molecule has 1 amide bonds. The van der Waals surface area contributed by atoms with Gasteiger partial charge in [-0.2, -0.15) is 0 Å². The highest BCUT2D eigenvalue weighted by Gasteiger charge is 2.21. The van der Waals surface area contributed by atoms with Crippen LogP contribution in [0.4, 0.5) is 5.69 Å². The van der Waals surface area contributed by atoms with Gasteiger partial charge in [-0.25, -0.2) is 0 Å². The first kappa shape index (κ1) is 17.4. The van der Waals surface area contributed by atoms with Crippen molar-refractivity contribution in [3.05, 3.63) is 38.9 Å². The first-order chi connectivity index (χ1) is 9.99. The largest absolute Gasteiger partial charge is 0.396 e. The number of rotatable bonds is 8. The number of aliphatic hydroxyl groups excluding tert-OH is 1. The molecule has 0 aromatic heterocycles. The van der Waals surface area contributed by atoms with Crippen LogP contribution in [0.25, 0.3) is 0 Å². The molecule has 0 aliphatic heterocycles. The molecule has 1 rings (SSSR count). The Morgan fingerprint density at radius 2 is 2.19 bits per heavy atom. The standard InChI is InChI=1S/C14H19ClN2O4/c1-2-3-10(6-7-18)9-16-14(19)12-8-11(15)4-5-13(12)17(20)21/h4-5,8,10,18H,2-3,6-7,9H2,1H3,(H,16,19). The van der Waals surface area contributed by atoms with Crippen LogP contribution in [0.3, 0.4) is 0 Å². The number of halogens is 1. The zero-order chi connectivity index (χ0) is 15.8. The van der Waals surface area contributed by atoms with Crippen molar-refractivity contribution in [3.8, 4) is 0 Å². The molecule has 0 saturated heterocycles. The van der Waals surface area contributed by atoms with Crippen molar-refractivity contribution in [1.82, 2.24) is 5.32 Å². The van der Waals surface area contributed by atoms with Gasteiger partial charge in [-0.1, -0.05) is 24.9 Å². The maximum atomic E-state index is 12.1. The average molecular weight is 315 g/mol. The molecule has 0 bridgehead atoms. The Kier molecular flexibility index (Phi) is 7.11. The monoisotopic (exact) mass is 314 g/mol. The normalized spacial score (nSPS) is 12.0. The number of nitro benzene ring substituents is 1. The van der Waals surface area contributed by atoms with E-state index in [9.17, 15) is 14.9 Å². The summed E-state index contributed by atoms with van der Waals surface area (Å²) in [6.45, 7) is 2.45. The van der Waals surface area contributed by atoms with Gasteiger partial charge in [0, 0.05) is 24.2 Å². The molecule has 0 fully saturated rings. The van der Waals surface area contributed by atoms with Crippen LogP contribution < -0.4 is 5.32 Å². The van der Waals surface area contributed by atoms with Crippen LogP contribution in [0.2, 0.25) is 5.02 Å². The second-order valence-electron chi connectivity index (χ2n) is 4.80. The molecule has 2 N–H and O–H groups in total. The fourth-order valence-electron chi connectivity index (χ4n) is 2.12. The summed E-state index contributed by atoms with van der Waals surface area (Å²) in [4.78, 5) is 22.4. The Labute approximate surface area is 128 Å². The molecule has 6 nitrogen and oxygen atoms in total. The molecule has 1 aromatic rings. The van der Waals surface area contributed by atoms with Crippen molar-refractivity contribution in [2.45, 2.75) is 26.2 Å². The van der Waals surface area contributed by atoms with E-state index >= 15 is 0 Å².